The standard InChI is InChI=1S/C13H11Cl2FN2O2/c14-9-5-8(6-10(15)11(9)16)18-12(19)13(7-17)1-3-20-4-2-13/h5-6H,1-4H2,(H,18,19). The Kier molecular flexibility index (Phi) is 4.48. The van der Waals surface area contributed by atoms with Gasteiger partial charge in [0.1, 0.15) is 5.41 Å². The van der Waals surface area contributed by atoms with Crippen molar-refractivity contribution in [2.75, 3.05) is 18.5 Å². The summed E-state index contributed by atoms with van der Waals surface area (Å²) in [5.41, 5.74) is -0.876. The lowest BCUT2D eigenvalue weighted by atomic mass is 9.81. The van der Waals surface area contributed by atoms with E-state index in [1.807, 2.05) is 6.07 Å². The lowest BCUT2D eigenvalue weighted by Crippen LogP contribution is -2.39. The minimum absolute atomic E-state index is 0.189. The van der Waals surface area contributed by atoms with E-state index < -0.39 is 17.1 Å². The molecule has 0 unspecified atom stereocenters. The molecule has 0 bridgehead atoms. The maximum absolute atomic E-state index is 13.3. The number of carbonyl (C=O) groups is 1. The van der Waals surface area contributed by atoms with Crippen LogP contribution in [-0.4, -0.2) is 19.1 Å². The number of amides is 1. The van der Waals surface area contributed by atoms with E-state index in [0.717, 1.165) is 0 Å². The summed E-state index contributed by atoms with van der Waals surface area (Å²) in [6.45, 7) is 0.706. The molecule has 0 spiro atoms. The van der Waals surface area contributed by atoms with Crippen LogP contribution in [0.1, 0.15) is 12.8 Å². The summed E-state index contributed by atoms with van der Waals surface area (Å²) in [7, 11) is 0. The van der Waals surface area contributed by atoms with Gasteiger partial charge in [-0.1, -0.05) is 23.2 Å². The van der Waals surface area contributed by atoms with Crippen molar-refractivity contribution < 1.29 is 13.9 Å². The molecule has 1 saturated heterocycles. The molecule has 2 rings (SSSR count). The molecule has 20 heavy (non-hydrogen) atoms. The first-order chi connectivity index (χ1) is 9.48. The summed E-state index contributed by atoms with van der Waals surface area (Å²) in [5.74, 6) is -1.20. The van der Waals surface area contributed by atoms with Crippen LogP contribution >= 0.6 is 23.2 Å². The van der Waals surface area contributed by atoms with Crippen molar-refractivity contribution in [1.82, 2.24) is 0 Å². The Morgan fingerprint density at radius 3 is 2.40 bits per heavy atom. The molecule has 1 N–H and O–H groups in total. The highest BCUT2D eigenvalue weighted by atomic mass is 35.5. The Balaban J connectivity index is 2.21. The average molecular weight is 317 g/mol. The predicted octanol–water partition coefficient (Wildman–Crippen LogP) is 3.39. The molecule has 1 heterocycles. The number of halogens is 3. The summed E-state index contributed by atoms with van der Waals surface area (Å²) in [4.78, 5) is 12.3. The number of carbonyl (C=O) groups excluding carboxylic acids is 1. The Hall–Kier alpha value is -1.35. The third-order valence-electron chi connectivity index (χ3n) is 3.24. The second kappa shape index (κ2) is 5.96. The Morgan fingerprint density at radius 1 is 1.35 bits per heavy atom. The second-order valence-corrected chi connectivity index (χ2v) is 5.33. The van der Waals surface area contributed by atoms with Crippen molar-refractivity contribution in [2.45, 2.75) is 12.8 Å². The van der Waals surface area contributed by atoms with Gasteiger partial charge in [-0.2, -0.15) is 5.26 Å². The van der Waals surface area contributed by atoms with Crippen molar-refractivity contribution in [3.05, 3.63) is 28.0 Å². The van der Waals surface area contributed by atoms with Crippen molar-refractivity contribution in [2.24, 2.45) is 5.41 Å². The normalized spacial score (nSPS) is 17.3. The van der Waals surface area contributed by atoms with Gasteiger partial charge in [-0.3, -0.25) is 4.79 Å². The molecule has 4 nitrogen and oxygen atoms in total. The molecular weight excluding hydrogens is 306 g/mol. The number of rotatable bonds is 2. The number of benzene rings is 1. The molecule has 1 aliphatic heterocycles. The lowest BCUT2D eigenvalue weighted by Gasteiger charge is -2.29. The number of hydrogen-bond acceptors (Lipinski definition) is 3. The van der Waals surface area contributed by atoms with Crippen molar-refractivity contribution >= 4 is 34.8 Å². The van der Waals surface area contributed by atoms with Crippen LogP contribution < -0.4 is 5.32 Å². The number of nitrogens with zero attached hydrogens (tertiary/aromatic N) is 1. The van der Waals surface area contributed by atoms with Crippen LogP contribution in [0.25, 0.3) is 0 Å². The van der Waals surface area contributed by atoms with Gasteiger partial charge in [0.15, 0.2) is 5.82 Å². The van der Waals surface area contributed by atoms with Crippen LogP contribution in [0.5, 0.6) is 0 Å². The molecule has 0 radical (unpaired) electrons. The summed E-state index contributed by atoms with van der Waals surface area (Å²) in [6.07, 6.45) is 0.635. The molecule has 7 heteroatoms. The minimum atomic E-state index is -1.13. The van der Waals surface area contributed by atoms with Crippen LogP contribution in [0, 0.1) is 22.6 Å². The maximum atomic E-state index is 13.3. The van der Waals surface area contributed by atoms with Gasteiger partial charge in [-0.05, 0) is 25.0 Å². The lowest BCUT2D eigenvalue weighted by molar-refractivity contribution is -0.126. The van der Waals surface area contributed by atoms with Gasteiger partial charge in [-0.15, -0.1) is 0 Å². The van der Waals surface area contributed by atoms with E-state index in [-0.39, 0.29) is 15.7 Å². The molecule has 0 atom stereocenters. The highest BCUT2D eigenvalue weighted by Gasteiger charge is 2.40. The zero-order valence-electron chi connectivity index (χ0n) is 10.4. The van der Waals surface area contributed by atoms with Crippen LogP contribution in [0.2, 0.25) is 10.0 Å². The fraction of sp³-hybridized carbons (Fsp3) is 0.385. The van der Waals surface area contributed by atoms with E-state index in [0.29, 0.717) is 26.1 Å². The Labute approximate surface area is 125 Å². The molecule has 1 amide bonds. The van der Waals surface area contributed by atoms with Gasteiger partial charge in [0.25, 0.3) is 0 Å². The first-order valence-corrected chi connectivity index (χ1v) is 6.69. The quantitative estimate of drug-likeness (QED) is 0.851. The number of nitriles is 1. The smallest absolute Gasteiger partial charge is 0.245 e. The highest BCUT2D eigenvalue weighted by Crippen LogP contribution is 2.33. The Morgan fingerprint density at radius 2 is 1.90 bits per heavy atom. The Bertz CT molecular complexity index is 557. The van der Waals surface area contributed by atoms with Crippen LogP contribution in [0.15, 0.2) is 12.1 Å². The highest BCUT2D eigenvalue weighted by molar-refractivity contribution is 6.35. The topological polar surface area (TPSA) is 62.1 Å². The first kappa shape index (κ1) is 15.0. The molecule has 1 aromatic carbocycles. The number of hydrogen-bond donors (Lipinski definition) is 1. The number of ether oxygens (including phenoxy) is 1. The van der Waals surface area contributed by atoms with E-state index in [2.05, 4.69) is 5.32 Å². The second-order valence-electron chi connectivity index (χ2n) is 4.51. The summed E-state index contributed by atoms with van der Waals surface area (Å²) >= 11 is 11.3. The number of anilines is 1. The third kappa shape index (κ3) is 2.88. The summed E-state index contributed by atoms with van der Waals surface area (Å²) in [5, 5.41) is 11.4. The summed E-state index contributed by atoms with van der Waals surface area (Å²) < 4.78 is 18.5. The fourth-order valence-corrected chi connectivity index (χ4v) is 2.47. The van der Waals surface area contributed by atoms with E-state index >= 15 is 0 Å². The van der Waals surface area contributed by atoms with Crippen LogP contribution in [0.3, 0.4) is 0 Å². The van der Waals surface area contributed by atoms with E-state index in [1.165, 1.54) is 12.1 Å². The predicted molar refractivity (Wildman–Crippen MR) is 73.1 cm³/mol. The molecular formula is C13H11Cl2FN2O2. The molecule has 106 valence electrons. The van der Waals surface area contributed by atoms with Crippen molar-refractivity contribution in [3.8, 4) is 6.07 Å². The zero-order chi connectivity index (χ0) is 14.8. The van der Waals surface area contributed by atoms with Gasteiger partial charge < -0.3 is 10.1 Å². The third-order valence-corrected chi connectivity index (χ3v) is 3.79. The van der Waals surface area contributed by atoms with Crippen LogP contribution in [-0.2, 0) is 9.53 Å². The molecule has 1 fully saturated rings. The van der Waals surface area contributed by atoms with Gasteiger partial charge in [0.05, 0.1) is 16.1 Å². The zero-order valence-corrected chi connectivity index (χ0v) is 11.9. The maximum Gasteiger partial charge on any atom is 0.245 e. The number of nitrogens with one attached hydrogen (secondary N) is 1. The van der Waals surface area contributed by atoms with Crippen LogP contribution in [0.4, 0.5) is 10.1 Å². The largest absolute Gasteiger partial charge is 0.381 e. The molecule has 1 aromatic rings. The van der Waals surface area contributed by atoms with Crippen molar-refractivity contribution in [1.29, 1.82) is 5.26 Å². The molecule has 1 aliphatic rings. The molecule has 0 aliphatic carbocycles. The molecule has 0 saturated carbocycles. The van der Waals surface area contributed by atoms with Gasteiger partial charge in [0, 0.05) is 18.9 Å². The minimum Gasteiger partial charge on any atom is -0.381 e. The summed E-state index contributed by atoms with van der Waals surface area (Å²) in [6, 6.07) is 4.56. The van der Waals surface area contributed by atoms with E-state index in [1.54, 1.807) is 0 Å². The van der Waals surface area contributed by atoms with E-state index in [9.17, 15) is 14.4 Å². The fourth-order valence-electron chi connectivity index (χ4n) is 1.99. The first-order valence-electron chi connectivity index (χ1n) is 5.93. The van der Waals surface area contributed by atoms with E-state index in [4.69, 9.17) is 27.9 Å². The van der Waals surface area contributed by atoms with Crippen molar-refractivity contribution in [3.63, 3.8) is 0 Å². The molecule has 0 aromatic heterocycles. The monoisotopic (exact) mass is 316 g/mol. The van der Waals surface area contributed by atoms with Gasteiger partial charge >= 0.3 is 0 Å². The van der Waals surface area contributed by atoms with Gasteiger partial charge in [-0.25, -0.2) is 4.39 Å². The SMILES string of the molecule is N#CC1(C(=O)Nc2cc(Cl)c(F)c(Cl)c2)CCOCC1. The van der Waals surface area contributed by atoms with Gasteiger partial charge in [0.2, 0.25) is 5.91 Å². The average Bonchev–Trinajstić information content (AvgIpc) is 2.45.